The van der Waals surface area contributed by atoms with Crippen molar-refractivity contribution < 1.29 is 41.4 Å². The molecular formula is C71H91FN14O8S. The predicted octanol–water partition coefficient (Wildman–Crippen LogP) is 9.23. The maximum Gasteiger partial charge on any atom is 0.410 e. The molecule has 0 bridgehead atoms. The highest BCUT2D eigenvalue weighted by Crippen LogP contribution is 2.43. The Hall–Kier alpha value is -8.19. The normalized spacial score (nSPS) is 19.9. The number of ether oxygens (including phenoxy) is 3. The number of aliphatic imine (C=N–C) groups is 1. The monoisotopic (exact) mass is 1320 g/mol. The molecule has 506 valence electrons. The number of hydrogen-bond donors (Lipinski definition) is 1. The first-order chi connectivity index (χ1) is 45.1. The number of carbonyl (C=O) groups is 3. The van der Waals surface area contributed by atoms with Crippen LogP contribution in [0.1, 0.15) is 122 Å². The summed E-state index contributed by atoms with van der Waals surface area (Å²) in [7, 11) is -3.85. The Morgan fingerprint density at radius 1 is 0.800 bits per heavy atom. The van der Waals surface area contributed by atoms with Gasteiger partial charge in [0.25, 0.3) is 5.91 Å². The fraction of sp³-hybridized carbons (Fsp3) is 0.507. The van der Waals surface area contributed by atoms with Crippen molar-refractivity contribution in [3.05, 3.63) is 137 Å². The van der Waals surface area contributed by atoms with Gasteiger partial charge in [0.15, 0.2) is 9.84 Å². The lowest BCUT2D eigenvalue weighted by Gasteiger charge is -2.48. The van der Waals surface area contributed by atoms with E-state index in [1.54, 1.807) is 67.2 Å². The Morgan fingerprint density at radius 2 is 1.55 bits per heavy atom. The van der Waals surface area contributed by atoms with Crippen LogP contribution in [0, 0.1) is 5.82 Å². The number of benzene rings is 3. The zero-order valence-electron chi connectivity index (χ0n) is 57.0. The predicted molar refractivity (Wildman–Crippen MR) is 366 cm³/mol. The SMILES string of the molecule is CC1=C(C)C(Nc2ncnc3cc(OCCCN4CCN(C(=O)c5cnc(N6CCN(C[C@H]7CN(C(=O)OC(C)(C)C)[C@H](C)CN7CC(=O)N7CC(C)(C)c8nc(OCc9ccccc9)c(Cc9ccc(F)cc9)cc87)[C@H](C)C6)cn5)CC4)c(S(=O)(=O)C(C)(C)C)cc23)=NC1. The Bertz CT molecular complexity index is 3980. The van der Waals surface area contributed by atoms with E-state index in [1.165, 1.54) is 18.5 Å². The third kappa shape index (κ3) is 15.6. The van der Waals surface area contributed by atoms with E-state index in [4.69, 9.17) is 24.2 Å². The second kappa shape index (κ2) is 27.9. The molecule has 5 aliphatic heterocycles. The summed E-state index contributed by atoms with van der Waals surface area (Å²) in [6, 6.07) is 21.2. The molecule has 3 amide bonds. The van der Waals surface area contributed by atoms with Gasteiger partial charge in [-0.05, 0) is 122 Å². The van der Waals surface area contributed by atoms with Gasteiger partial charge in [-0.2, -0.15) is 0 Å². The largest absolute Gasteiger partial charge is 0.492 e. The van der Waals surface area contributed by atoms with Crippen LogP contribution in [0.4, 0.5) is 26.5 Å². The van der Waals surface area contributed by atoms with Crippen molar-refractivity contribution in [2.24, 2.45) is 4.99 Å². The van der Waals surface area contributed by atoms with E-state index in [1.807, 2.05) is 82.8 Å². The molecule has 6 aromatic rings. The third-order valence-corrected chi connectivity index (χ3v) is 21.2. The summed E-state index contributed by atoms with van der Waals surface area (Å²) in [5.41, 5.74) is 5.97. The van der Waals surface area contributed by atoms with E-state index in [2.05, 4.69) is 65.6 Å². The highest BCUT2D eigenvalue weighted by Gasteiger charge is 2.44. The number of anilines is 3. The number of pyridine rings is 1. The number of amidine groups is 1. The molecule has 0 radical (unpaired) electrons. The lowest BCUT2D eigenvalue weighted by molar-refractivity contribution is -0.121. The molecule has 0 aliphatic carbocycles. The standard InChI is InChI=1S/C71H91FN14O8S/c1-46-35-75-64(49(46)4)79-65-55-33-60(95(90,91)70(8,9)10)59(34-56(55)76-45-77-65)92-30-16-23-80-24-26-81(27-25-80)67(88)57-36-74-61(37-73-57)83-29-28-82(47(2)38-83)40-54-41-85(68(89)94-69(5,6)7)48(3)39-84(54)42-62(87)86-44-71(11,12)63-58(86)32-52(31-50-19-21-53(72)22-20-50)66(78-63)93-43-51-17-14-13-15-18-51/h13-15,17-22,32-34,36-37,45,47-48,54H,16,23-31,35,38-44H2,1-12H3,(H,75,76,77,79)/t47-,48-,54+/m1/s1. The number of hydrogen-bond acceptors (Lipinski definition) is 19. The lowest BCUT2D eigenvalue weighted by Crippen LogP contribution is -2.65. The van der Waals surface area contributed by atoms with Crippen LogP contribution < -0.4 is 24.6 Å². The number of nitrogens with zero attached hydrogens (tertiary/aromatic N) is 13. The molecule has 3 aromatic carbocycles. The van der Waals surface area contributed by atoms with E-state index in [0.717, 1.165) is 39.2 Å². The summed E-state index contributed by atoms with van der Waals surface area (Å²) in [5, 5.41) is 3.85. The van der Waals surface area contributed by atoms with Gasteiger partial charge in [-0.15, -0.1) is 0 Å². The molecule has 95 heavy (non-hydrogen) atoms. The topological polar surface area (TPSA) is 225 Å². The first-order valence-corrected chi connectivity index (χ1v) is 34.5. The molecule has 0 spiro atoms. The number of carbonyl (C=O) groups excluding carboxylic acids is 3. The zero-order valence-corrected chi connectivity index (χ0v) is 57.8. The minimum absolute atomic E-state index is 0.0494. The second-order valence-electron chi connectivity index (χ2n) is 28.6. The molecule has 8 heterocycles. The van der Waals surface area contributed by atoms with E-state index in [0.29, 0.717) is 139 Å². The minimum atomic E-state index is -3.85. The van der Waals surface area contributed by atoms with Gasteiger partial charge in [-0.3, -0.25) is 29.3 Å². The van der Waals surface area contributed by atoms with Crippen molar-refractivity contribution in [3.8, 4) is 11.6 Å². The van der Waals surface area contributed by atoms with E-state index < -0.39 is 25.6 Å². The van der Waals surface area contributed by atoms with Gasteiger partial charge in [0.05, 0.1) is 53.7 Å². The van der Waals surface area contributed by atoms with Gasteiger partial charge in [0, 0.05) is 126 Å². The van der Waals surface area contributed by atoms with E-state index >= 15 is 4.79 Å². The Kier molecular flexibility index (Phi) is 20.0. The molecule has 0 unspecified atom stereocenters. The summed E-state index contributed by atoms with van der Waals surface area (Å²) in [5.74, 6) is 1.98. The van der Waals surface area contributed by atoms with Gasteiger partial charge >= 0.3 is 6.09 Å². The first-order valence-electron chi connectivity index (χ1n) is 33.1. The molecule has 0 saturated carbocycles. The van der Waals surface area contributed by atoms with Gasteiger partial charge in [-0.25, -0.2) is 42.5 Å². The molecule has 3 fully saturated rings. The van der Waals surface area contributed by atoms with Crippen molar-refractivity contribution in [2.75, 3.05) is 113 Å². The van der Waals surface area contributed by atoms with Gasteiger partial charge < -0.3 is 39.1 Å². The number of sulfone groups is 1. The average Bonchev–Trinajstić information content (AvgIpc) is 1.59. The first kappa shape index (κ1) is 68.2. The summed E-state index contributed by atoms with van der Waals surface area (Å²) in [6.45, 7) is 31.1. The van der Waals surface area contributed by atoms with Crippen LogP contribution in [0.2, 0.25) is 0 Å². The number of halogens is 1. The molecule has 3 saturated heterocycles. The maximum atomic E-state index is 15.0. The number of nitrogens with one attached hydrogen (secondary N) is 1. The van der Waals surface area contributed by atoms with Crippen molar-refractivity contribution >= 4 is 61.8 Å². The summed E-state index contributed by atoms with van der Waals surface area (Å²) >= 11 is 0. The third-order valence-electron chi connectivity index (χ3n) is 18.7. The van der Waals surface area contributed by atoms with Crippen LogP contribution in [-0.2, 0) is 37.8 Å². The Morgan fingerprint density at radius 3 is 2.22 bits per heavy atom. The van der Waals surface area contributed by atoms with Gasteiger partial charge in [0.2, 0.25) is 11.8 Å². The summed E-state index contributed by atoms with van der Waals surface area (Å²) in [4.78, 5) is 85.6. The van der Waals surface area contributed by atoms with Crippen LogP contribution in [0.15, 0.2) is 113 Å². The van der Waals surface area contributed by atoms with Gasteiger partial charge in [0.1, 0.15) is 58.2 Å². The molecule has 24 heteroatoms. The quantitative estimate of drug-likeness (QED) is 0.0791. The highest BCUT2D eigenvalue weighted by molar-refractivity contribution is 7.92. The highest BCUT2D eigenvalue weighted by atomic mass is 32.2. The van der Waals surface area contributed by atoms with Crippen LogP contribution in [0.3, 0.4) is 0 Å². The fourth-order valence-electron chi connectivity index (χ4n) is 13.0. The van der Waals surface area contributed by atoms with Gasteiger partial charge in [-0.1, -0.05) is 56.3 Å². The smallest absolute Gasteiger partial charge is 0.410 e. The van der Waals surface area contributed by atoms with Crippen molar-refractivity contribution in [1.29, 1.82) is 0 Å². The Labute approximate surface area is 557 Å². The number of piperazine rings is 3. The van der Waals surface area contributed by atoms with Crippen LogP contribution in [0.5, 0.6) is 11.6 Å². The lowest BCUT2D eigenvalue weighted by atomic mass is 9.91. The molecule has 3 atom stereocenters. The second-order valence-corrected chi connectivity index (χ2v) is 31.2. The van der Waals surface area contributed by atoms with Crippen LogP contribution in [-0.4, -0.2) is 208 Å². The summed E-state index contributed by atoms with van der Waals surface area (Å²) < 4.78 is 59.8. The molecule has 5 aliphatic rings. The van der Waals surface area contributed by atoms with Crippen molar-refractivity contribution in [2.45, 2.75) is 141 Å². The molecular weight excluding hydrogens is 1230 g/mol. The maximum absolute atomic E-state index is 15.0. The van der Waals surface area contributed by atoms with Crippen LogP contribution >= 0.6 is 0 Å². The molecule has 11 rings (SSSR count). The minimum Gasteiger partial charge on any atom is -0.492 e. The number of fused-ring (bicyclic) bond motifs is 2. The molecule has 22 nitrogen and oxygen atoms in total. The molecule has 3 aromatic heterocycles. The summed E-state index contributed by atoms with van der Waals surface area (Å²) in [6.07, 6.45) is 5.35. The number of aromatic nitrogens is 5. The zero-order chi connectivity index (χ0) is 67.7. The van der Waals surface area contributed by atoms with Crippen molar-refractivity contribution in [3.63, 3.8) is 0 Å². The fourth-order valence-corrected chi connectivity index (χ4v) is 14.3. The average molecular weight is 1320 g/mol. The number of rotatable bonds is 18. The Balaban J connectivity index is 0.700. The molecule has 1 N–H and O–H groups in total. The van der Waals surface area contributed by atoms with Crippen molar-refractivity contribution in [1.82, 2.24) is 49.4 Å². The van der Waals surface area contributed by atoms with E-state index in [9.17, 15) is 22.4 Å². The van der Waals surface area contributed by atoms with Crippen LogP contribution in [0.25, 0.3) is 10.9 Å². The van der Waals surface area contributed by atoms with E-state index in [-0.39, 0.29) is 71.3 Å². The number of amides is 3.